The van der Waals surface area contributed by atoms with Crippen LogP contribution in [-0.4, -0.2) is 43.1 Å². The number of nitrogens with zero attached hydrogens (tertiary/aromatic N) is 1. The molecule has 0 aromatic carbocycles. The van der Waals surface area contributed by atoms with E-state index in [2.05, 4.69) is 47.7 Å². The molecule has 1 saturated heterocycles. The third-order valence-electron chi connectivity index (χ3n) is 4.58. The molecule has 1 heterocycles. The first-order valence-electron chi connectivity index (χ1n) is 7.15. The van der Waals surface area contributed by atoms with Gasteiger partial charge in [-0.05, 0) is 30.5 Å². The maximum absolute atomic E-state index is 11.3. The molecule has 19 heavy (non-hydrogen) atoms. The van der Waals surface area contributed by atoms with E-state index in [9.17, 15) is 9.90 Å². The summed E-state index contributed by atoms with van der Waals surface area (Å²) >= 11 is 0. The predicted molar refractivity (Wildman–Crippen MR) is 80.0 cm³/mol. The van der Waals surface area contributed by atoms with Crippen molar-refractivity contribution in [1.29, 1.82) is 0 Å². The topological polar surface area (TPSA) is 49.8 Å². The summed E-state index contributed by atoms with van der Waals surface area (Å²) in [5.74, 6) is 0.286. The van der Waals surface area contributed by atoms with Crippen LogP contribution in [-0.2, 0) is 4.43 Å². The number of hydrogen-bond acceptors (Lipinski definition) is 2. The van der Waals surface area contributed by atoms with E-state index < -0.39 is 14.4 Å². The Morgan fingerprint density at radius 2 is 1.89 bits per heavy atom. The molecule has 0 aromatic heterocycles. The highest BCUT2D eigenvalue weighted by molar-refractivity contribution is 6.74. The van der Waals surface area contributed by atoms with Crippen molar-refractivity contribution >= 4 is 14.4 Å². The summed E-state index contributed by atoms with van der Waals surface area (Å²) in [7, 11) is -1.84. The fourth-order valence-corrected chi connectivity index (χ4v) is 3.85. The summed E-state index contributed by atoms with van der Waals surface area (Å²) in [4.78, 5) is 12.9. The minimum absolute atomic E-state index is 0.00775. The van der Waals surface area contributed by atoms with Crippen molar-refractivity contribution in [2.45, 2.75) is 71.3 Å². The van der Waals surface area contributed by atoms with Crippen LogP contribution in [0.15, 0.2) is 0 Å². The molecule has 0 aromatic rings. The summed E-state index contributed by atoms with van der Waals surface area (Å²) in [5.41, 5.74) is 0. The van der Waals surface area contributed by atoms with Gasteiger partial charge in [0.25, 0.3) is 0 Å². The van der Waals surface area contributed by atoms with E-state index in [0.29, 0.717) is 6.54 Å². The molecule has 2 atom stereocenters. The Balaban J connectivity index is 2.87. The molecule has 0 radical (unpaired) electrons. The van der Waals surface area contributed by atoms with Crippen molar-refractivity contribution in [2.75, 3.05) is 6.54 Å². The Morgan fingerprint density at radius 3 is 2.26 bits per heavy atom. The normalized spacial score (nSPS) is 25.2. The number of amides is 1. The van der Waals surface area contributed by atoms with Crippen LogP contribution in [0.5, 0.6) is 0 Å². The number of carboxylic acid groups (broad SMARTS) is 1. The lowest BCUT2D eigenvalue weighted by Crippen LogP contribution is -2.50. The van der Waals surface area contributed by atoms with Crippen molar-refractivity contribution in [2.24, 2.45) is 5.92 Å². The van der Waals surface area contributed by atoms with E-state index in [4.69, 9.17) is 4.43 Å². The number of hydrogen-bond donors (Lipinski definition) is 1. The number of likely N-dealkylation sites (tertiary alicyclic amines) is 1. The lowest BCUT2D eigenvalue weighted by atomic mass is 10.00. The monoisotopic (exact) mass is 287 g/mol. The Morgan fingerprint density at radius 1 is 1.37 bits per heavy atom. The van der Waals surface area contributed by atoms with Gasteiger partial charge in [0.05, 0.1) is 12.1 Å². The van der Waals surface area contributed by atoms with Crippen LogP contribution in [0.3, 0.4) is 0 Å². The Bertz CT molecular complexity index is 336. The Labute approximate surface area is 118 Å². The standard InChI is InChI=1S/C14H29NO3Si/c1-10(2)12-11(8-9-15(12)13(16)17)18-19(6,7)14(3,4)5/h10-12H,8-9H2,1-7H3,(H,16,17)/t11-,12+/m1/s1. The molecule has 4 nitrogen and oxygen atoms in total. The molecule has 0 bridgehead atoms. The molecule has 1 N–H and O–H groups in total. The zero-order valence-corrected chi connectivity index (χ0v) is 14.4. The maximum atomic E-state index is 11.3. The Hall–Kier alpha value is -0.553. The van der Waals surface area contributed by atoms with Crippen LogP contribution in [0.1, 0.15) is 41.0 Å². The van der Waals surface area contributed by atoms with E-state index in [0.717, 1.165) is 6.42 Å². The highest BCUT2D eigenvalue weighted by Crippen LogP contribution is 2.40. The maximum Gasteiger partial charge on any atom is 0.407 e. The van der Waals surface area contributed by atoms with Gasteiger partial charge in [0.15, 0.2) is 8.32 Å². The highest BCUT2D eigenvalue weighted by Gasteiger charge is 2.45. The average molecular weight is 287 g/mol. The molecule has 1 amide bonds. The van der Waals surface area contributed by atoms with Gasteiger partial charge in [-0.1, -0.05) is 34.6 Å². The molecule has 1 rings (SSSR count). The lowest BCUT2D eigenvalue weighted by Gasteiger charge is -2.41. The number of carbonyl (C=O) groups is 1. The fourth-order valence-electron chi connectivity index (χ4n) is 2.48. The fraction of sp³-hybridized carbons (Fsp3) is 0.929. The summed E-state index contributed by atoms with van der Waals surface area (Å²) in [6, 6.07) is -0.00775. The van der Waals surface area contributed by atoms with Crippen molar-refractivity contribution in [1.82, 2.24) is 4.90 Å². The minimum atomic E-state index is -1.84. The predicted octanol–water partition coefficient (Wildman–Crippen LogP) is 3.79. The quantitative estimate of drug-likeness (QED) is 0.804. The van der Waals surface area contributed by atoms with Gasteiger partial charge < -0.3 is 14.4 Å². The largest absolute Gasteiger partial charge is 0.465 e. The first kappa shape index (κ1) is 16.5. The zero-order chi connectivity index (χ0) is 15.0. The molecule has 1 fully saturated rings. The van der Waals surface area contributed by atoms with E-state index in [1.165, 1.54) is 0 Å². The smallest absolute Gasteiger partial charge is 0.407 e. The van der Waals surface area contributed by atoms with Gasteiger partial charge in [0.1, 0.15) is 0 Å². The van der Waals surface area contributed by atoms with Gasteiger partial charge in [0.2, 0.25) is 0 Å². The molecule has 0 aliphatic carbocycles. The van der Waals surface area contributed by atoms with Crippen LogP contribution >= 0.6 is 0 Å². The first-order valence-corrected chi connectivity index (χ1v) is 10.1. The zero-order valence-electron chi connectivity index (χ0n) is 13.4. The SMILES string of the molecule is CC(C)[C@H]1[C@H](O[Si](C)(C)C(C)(C)C)CCN1C(=O)O. The molecule has 1 aliphatic heterocycles. The van der Waals surface area contributed by atoms with Crippen molar-refractivity contribution < 1.29 is 14.3 Å². The summed E-state index contributed by atoms with van der Waals surface area (Å²) < 4.78 is 6.45. The second-order valence-corrected chi connectivity index (χ2v) is 12.2. The summed E-state index contributed by atoms with van der Waals surface area (Å²) in [5, 5.41) is 9.45. The van der Waals surface area contributed by atoms with Crippen molar-refractivity contribution in [3.63, 3.8) is 0 Å². The molecule has 0 spiro atoms. The van der Waals surface area contributed by atoms with Gasteiger partial charge >= 0.3 is 6.09 Å². The average Bonchev–Trinajstić information content (AvgIpc) is 2.58. The van der Waals surface area contributed by atoms with Gasteiger partial charge in [-0.3, -0.25) is 0 Å². The third kappa shape index (κ3) is 3.51. The van der Waals surface area contributed by atoms with Crippen LogP contribution in [0.25, 0.3) is 0 Å². The van der Waals surface area contributed by atoms with Gasteiger partial charge in [-0.25, -0.2) is 4.79 Å². The van der Waals surface area contributed by atoms with Crippen LogP contribution < -0.4 is 0 Å². The molecule has 112 valence electrons. The first-order chi connectivity index (χ1) is 8.47. The second kappa shape index (κ2) is 5.44. The van der Waals surface area contributed by atoms with Gasteiger partial charge in [0, 0.05) is 6.54 Å². The molecule has 1 aliphatic rings. The molecule has 0 saturated carbocycles. The van der Waals surface area contributed by atoms with E-state index >= 15 is 0 Å². The van der Waals surface area contributed by atoms with Gasteiger partial charge in [-0.15, -0.1) is 0 Å². The molecular weight excluding hydrogens is 258 g/mol. The van der Waals surface area contributed by atoms with E-state index in [1.807, 2.05) is 0 Å². The van der Waals surface area contributed by atoms with Crippen molar-refractivity contribution in [3.05, 3.63) is 0 Å². The van der Waals surface area contributed by atoms with Gasteiger partial charge in [-0.2, -0.15) is 0 Å². The molecule has 0 unspecified atom stereocenters. The van der Waals surface area contributed by atoms with Crippen molar-refractivity contribution in [3.8, 4) is 0 Å². The van der Waals surface area contributed by atoms with Crippen LogP contribution in [0.2, 0.25) is 18.1 Å². The molecule has 5 heteroatoms. The van der Waals surface area contributed by atoms with E-state index in [-0.39, 0.29) is 23.1 Å². The Kier molecular flexibility index (Phi) is 4.73. The minimum Gasteiger partial charge on any atom is -0.465 e. The third-order valence-corrected chi connectivity index (χ3v) is 9.08. The number of rotatable bonds is 3. The summed E-state index contributed by atoms with van der Waals surface area (Å²) in [6.07, 6.45) is 0.0544. The van der Waals surface area contributed by atoms with E-state index in [1.54, 1.807) is 4.90 Å². The summed E-state index contributed by atoms with van der Waals surface area (Å²) in [6.45, 7) is 15.9. The van der Waals surface area contributed by atoms with Crippen LogP contribution in [0, 0.1) is 5.92 Å². The molecular formula is C14H29NO3Si. The highest BCUT2D eigenvalue weighted by atomic mass is 28.4. The second-order valence-electron chi connectivity index (χ2n) is 7.42. The lowest BCUT2D eigenvalue weighted by molar-refractivity contribution is 0.0840. The van der Waals surface area contributed by atoms with Crippen LogP contribution in [0.4, 0.5) is 4.79 Å².